The molecule has 0 aliphatic carbocycles. The highest BCUT2D eigenvalue weighted by atomic mass is 16.2. The van der Waals surface area contributed by atoms with Gasteiger partial charge in [0.25, 0.3) is 0 Å². The molecule has 0 saturated heterocycles. The minimum absolute atomic E-state index is 0.0118. The Balaban J connectivity index is 2.33. The minimum atomic E-state index is -0.678. The first-order valence-electron chi connectivity index (χ1n) is 7.52. The van der Waals surface area contributed by atoms with E-state index in [1.807, 2.05) is 13.0 Å². The van der Waals surface area contributed by atoms with Crippen LogP contribution in [-0.4, -0.2) is 6.04 Å². The van der Waals surface area contributed by atoms with Gasteiger partial charge in [0.05, 0.1) is 28.9 Å². The fourth-order valence-electron chi connectivity index (χ4n) is 2.21. The first-order valence-corrected chi connectivity index (χ1v) is 7.52. The molecule has 5 nitrogen and oxygen atoms in total. The zero-order valence-electron chi connectivity index (χ0n) is 13.8. The summed E-state index contributed by atoms with van der Waals surface area (Å²) in [5.74, 6) is 0. The van der Waals surface area contributed by atoms with Crippen LogP contribution in [0.1, 0.15) is 50.4 Å². The number of anilines is 1. The second-order valence-corrected chi connectivity index (χ2v) is 6.89. The Kier molecular flexibility index (Phi) is 4.39. The quantitative estimate of drug-likeness (QED) is 0.842. The van der Waals surface area contributed by atoms with Gasteiger partial charge in [0.1, 0.15) is 0 Å². The number of hydrogen-bond donors (Lipinski definition) is 2. The Morgan fingerprint density at radius 3 is 2.17 bits per heavy atom. The van der Waals surface area contributed by atoms with E-state index in [0.29, 0.717) is 22.4 Å². The van der Waals surface area contributed by atoms with Crippen molar-refractivity contribution in [3.8, 4) is 6.07 Å². The van der Waals surface area contributed by atoms with E-state index >= 15 is 0 Å². The first kappa shape index (κ1) is 16.9. The third-order valence-corrected chi connectivity index (χ3v) is 4.32. The summed E-state index contributed by atoms with van der Waals surface area (Å²) < 4.78 is 0. The van der Waals surface area contributed by atoms with Gasteiger partial charge in [-0.2, -0.15) is 5.26 Å². The van der Waals surface area contributed by atoms with Gasteiger partial charge in [0.15, 0.2) is 0 Å². The van der Waals surface area contributed by atoms with Crippen molar-refractivity contribution in [2.75, 3.05) is 5.32 Å². The highest BCUT2D eigenvalue weighted by molar-refractivity contribution is 5.60. The Morgan fingerprint density at radius 1 is 1.13 bits per heavy atom. The molecule has 0 amide bonds. The van der Waals surface area contributed by atoms with Crippen molar-refractivity contribution < 1.29 is 0 Å². The van der Waals surface area contributed by atoms with Crippen molar-refractivity contribution in [2.24, 2.45) is 11.1 Å². The van der Waals surface area contributed by atoms with Gasteiger partial charge < -0.3 is 11.1 Å². The molecule has 3 N–H and O–H groups in total. The van der Waals surface area contributed by atoms with Crippen molar-refractivity contribution in [3.63, 3.8) is 0 Å². The lowest BCUT2D eigenvalue weighted by Crippen LogP contribution is -2.45. The summed E-state index contributed by atoms with van der Waals surface area (Å²) in [6.45, 7) is 8.12. The van der Waals surface area contributed by atoms with E-state index in [0.717, 1.165) is 0 Å². The van der Waals surface area contributed by atoms with Crippen LogP contribution in [0.2, 0.25) is 0 Å². The van der Waals surface area contributed by atoms with Crippen LogP contribution >= 0.6 is 0 Å². The van der Waals surface area contributed by atoms with Gasteiger partial charge >= 0.3 is 0 Å². The monoisotopic (exact) mass is 311 g/mol. The van der Waals surface area contributed by atoms with Crippen LogP contribution in [0.3, 0.4) is 0 Å². The second-order valence-electron chi connectivity index (χ2n) is 6.89. The molecule has 2 unspecified atom stereocenters. The lowest BCUT2D eigenvalue weighted by Gasteiger charge is -2.30. The van der Waals surface area contributed by atoms with Crippen LogP contribution in [0.4, 0.5) is 5.69 Å². The average molecular weight is 311 g/mol. The highest BCUT2D eigenvalue weighted by Crippen LogP contribution is 2.27. The summed E-state index contributed by atoms with van der Waals surface area (Å²) in [7, 11) is 0. The van der Waals surface area contributed by atoms with Crippen LogP contribution in [0.25, 0.3) is 0 Å². The summed E-state index contributed by atoms with van der Waals surface area (Å²) in [5.41, 5.74) is 6.90. The first-order chi connectivity index (χ1) is 10.7. The van der Waals surface area contributed by atoms with Crippen LogP contribution in [0.5, 0.6) is 0 Å². The molecule has 2 aromatic rings. The molecular weight excluding hydrogens is 290 g/mol. The van der Waals surface area contributed by atoms with Gasteiger partial charge in [0, 0.05) is 6.04 Å². The normalized spacial score (nSPS) is 14.3. The molecule has 120 valence electrons. The number of nitrogens with one attached hydrogen (secondary N) is 1. The molecule has 0 spiro atoms. The summed E-state index contributed by atoms with van der Waals surface area (Å²) >= 11 is 0. The van der Waals surface area contributed by atoms with E-state index in [2.05, 4.69) is 26.1 Å². The molecule has 0 fully saturated rings. The van der Waals surface area contributed by atoms with E-state index in [1.54, 1.807) is 24.3 Å². The highest BCUT2D eigenvalue weighted by Gasteiger charge is 2.30. The second kappa shape index (κ2) is 5.98. The van der Waals surface area contributed by atoms with E-state index in [9.17, 15) is 9.59 Å². The lowest BCUT2D eigenvalue weighted by atomic mass is 9.86. The molecule has 5 heteroatoms. The topological polar surface area (TPSA) is 96.0 Å². The number of nitrogens with zero attached hydrogens (tertiary/aromatic N) is 1. The number of rotatable bonds is 4. The third-order valence-electron chi connectivity index (χ3n) is 4.32. The van der Waals surface area contributed by atoms with Crippen molar-refractivity contribution in [3.05, 3.63) is 61.4 Å². The molecule has 0 saturated carbocycles. The van der Waals surface area contributed by atoms with Gasteiger partial charge in [-0.1, -0.05) is 32.9 Å². The number of nitriles is 1. The summed E-state index contributed by atoms with van der Waals surface area (Å²) in [4.78, 5) is 23.9. The van der Waals surface area contributed by atoms with Crippen LogP contribution in [0.15, 0.2) is 33.9 Å². The molecule has 2 rings (SSSR count). The Bertz CT molecular complexity index is 816. The van der Waals surface area contributed by atoms with Crippen molar-refractivity contribution in [1.29, 1.82) is 5.26 Å². The fraction of sp³-hybridized carbons (Fsp3) is 0.389. The Hall–Kier alpha value is -2.45. The molecule has 0 bridgehead atoms. The molecule has 0 aromatic heterocycles. The summed E-state index contributed by atoms with van der Waals surface area (Å²) in [6.07, 6.45) is 0. The fourth-order valence-corrected chi connectivity index (χ4v) is 2.21. The van der Waals surface area contributed by atoms with E-state index in [-0.39, 0.29) is 11.5 Å². The zero-order valence-corrected chi connectivity index (χ0v) is 13.8. The van der Waals surface area contributed by atoms with Gasteiger partial charge in [-0.3, -0.25) is 9.59 Å². The molecular formula is C18H21N3O2. The van der Waals surface area contributed by atoms with Crippen molar-refractivity contribution >= 4 is 5.69 Å². The molecule has 0 aliphatic rings. The van der Waals surface area contributed by atoms with Crippen LogP contribution in [0, 0.1) is 16.7 Å². The van der Waals surface area contributed by atoms with Crippen LogP contribution < -0.4 is 21.9 Å². The van der Waals surface area contributed by atoms with Gasteiger partial charge in [-0.25, -0.2) is 0 Å². The SMILES string of the molecule is CC(Nc1c(C(N)c2ccc(C#N)cc2)c(=O)c1=O)C(C)(C)C. The average Bonchev–Trinajstić information content (AvgIpc) is 2.52. The Labute approximate surface area is 135 Å². The molecule has 2 atom stereocenters. The van der Waals surface area contributed by atoms with E-state index in [1.165, 1.54) is 0 Å². The number of nitrogens with two attached hydrogens (primary N) is 1. The maximum absolute atomic E-state index is 12.0. The molecule has 23 heavy (non-hydrogen) atoms. The summed E-state index contributed by atoms with van der Waals surface area (Å²) in [6, 6.07) is 8.06. The van der Waals surface area contributed by atoms with Crippen LogP contribution in [-0.2, 0) is 0 Å². The van der Waals surface area contributed by atoms with Gasteiger partial charge in [0.2, 0.25) is 10.9 Å². The summed E-state index contributed by atoms with van der Waals surface area (Å²) in [5, 5.41) is 12.0. The Morgan fingerprint density at radius 2 is 1.70 bits per heavy atom. The van der Waals surface area contributed by atoms with Crippen molar-refractivity contribution in [2.45, 2.75) is 39.8 Å². The van der Waals surface area contributed by atoms with Gasteiger partial charge in [-0.05, 0) is 30.0 Å². The maximum atomic E-state index is 12.0. The minimum Gasteiger partial charge on any atom is -0.378 e. The number of hydrogen-bond acceptors (Lipinski definition) is 5. The zero-order chi connectivity index (χ0) is 17.4. The standard InChI is InChI=1S/C18H21N3O2/c1-10(18(2,3)4)21-15-13(16(22)17(15)23)14(20)12-7-5-11(9-19)6-8-12/h5-8,10,14,21H,20H2,1-4H3. The predicted octanol–water partition coefficient (Wildman–Crippen LogP) is 2.05. The van der Waals surface area contributed by atoms with Gasteiger partial charge in [-0.15, -0.1) is 0 Å². The smallest absolute Gasteiger partial charge is 0.249 e. The number of benzene rings is 1. The molecule has 0 heterocycles. The van der Waals surface area contributed by atoms with E-state index < -0.39 is 16.9 Å². The molecule has 0 aliphatic heterocycles. The van der Waals surface area contributed by atoms with E-state index in [4.69, 9.17) is 11.0 Å². The predicted molar refractivity (Wildman–Crippen MR) is 91.1 cm³/mol. The maximum Gasteiger partial charge on any atom is 0.249 e. The third kappa shape index (κ3) is 3.17. The largest absolute Gasteiger partial charge is 0.378 e. The lowest BCUT2D eigenvalue weighted by molar-refractivity contribution is 0.359. The van der Waals surface area contributed by atoms with Crippen molar-refractivity contribution in [1.82, 2.24) is 0 Å². The molecule has 0 radical (unpaired) electrons. The molecule has 2 aromatic carbocycles.